The molecule has 1 fully saturated rings. The van der Waals surface area contributed by atoms with Gasteiger partial charge in [0.25, 0.3) is 0 Å². The average Bonchev–Trinajstić information content (AvgIpc) is 3.28. The van der Waals surface area contributed by atoms with Gasteiger partial charge in [-0.3, -0.25) is 0 Å². The van der Waals surface area contributed by atoms with Gasteiger partial charge in [-0.25, -0.2) is 4.79 Å². The first kappa shape index (κ1) is 14.0. The molecule has 2 N–H and O–H groups in total. The predicted molar refractivity (Wildman–Crippen MR) is 76.8 cm³/mol. The lowest BCUT2D eigenvalue weighted by Crippen LogP contribution is -2.43. The van der Waals surface area contributed by atoms with Crippen LogP contribution in [0.3, 0.4) is 0 Å². The van der Waals surface area contributed by atoms with Gasteiger partial charge in [0.1, 0.15) is 13.2 Å². The Balaban J connectivity index is 1.66. The number of nitrogens with one attached hydrogen (secondary N) is 2. The molecular weight excluding hydrogens is 272 g/mol. The maximum absolute atomic E-state index is 11.9. The van der Waals surface area contributed by atoms with E-state index in [0.29, 0.717) is 26.4 Å². The van der Waals surface area contributed by atoms with Crippen LogP contribution in [0.2, 0.25) is 0 Å². The van der Waals surface area contributed by atoms with Crippen molar-refractivity contribution in [2.45, 2.75) is 18.4 Å². The van der Waals surface area contributed by atoms with E-state index in [2.05, 4.69) is 10.6 Å². The van der Waals surface area contributed by atoms with E-state index in [4.69, 9.17) is 14.2 Å². The second-order valence-electron chi connectivity index (χ2n) is 5.31. The predicted octanol–water partition coefficient (Wildman–Crippen LogP) is 1.39. The minimum Gasteiger partial charge on any atom is -0.486 e. The van der Waals surface area contributed by atoms with Crippen LogP contribution < -0.4 is 20.1 Å². The molecule has 1 saturated carbocycles. The molecule has 0 radical (unpaired) electrons. The molecule has 0 unspecified atom stereocenters. The van der Waals surface area contributed by atoms with Crippen molar-refractivity contribution in [2.24, 2.45) is 0 Å². The van der Waals surface area contributed by atoms with Gasteiger partial charge >= 0.3 is 6.03 Å². The van der Waals surface area contributed by atoms with Gasteiger partial charge in [0.05, 0.1) is 12.1 Å². The zero-order valence-corrected chi connectivity index (χ0v) is 12.1. The molecule has 6 heteroatoms. The number of rotatable bonds is 5. The molecule has 1 heterocycles. The number of amides is 2. The van der Waals surface area contributed by atoms with Gasteiger partial charge in [0.2, 0.25) is 0 Å². The number of benzene rings is 1. The summed E-state index contributed by atoms with van der Waals surface area (Å²) in [5, 5.41) is 5.83. The number of urea groups is 1. The second kappa shape index (κ2) is 5.81. The number of hydrogen-bond acceptors (Lipinski definition) is 4. The quantitative estimate of drug-likeness (QED) is 0.805. The van der Waals surface area contributed by atoms with E-state index >= 15 is 0 Å². The maximum atomic E-state index is 11.9. The molecule has 2 amide bonds. The van der Waals surface area contributed by atoms with E-state index in [9.17, 15) is 4.79 Å². The van der Waals surface area contributed by atoms with Crippen molar-refractivity contribution < 1.29 is 19.0 Å². The number of ether oxygens (including phenoxy) is 3. The van der Waals surface area contributed by atoms with Crippen molar-refractivity contribution in [3.05, 3.63) is 23.8 Å². The van der Waals surface area contributed by atoms with Gasteiger partial charge in [0.15, 0.2) is 11.5 Å². The molecule has 1 aromatic rings. The topological polar surface area (TPSA) is 68.8 Å². The first-order chi connectivity index (χ1) is 10.2. The smallest absolute Gasteiger partial charge is 0.315 e. The van der Waals surface area contributed by atoms with Gasteiger partial charge in [0, 0.05) is 13.7 Å². The molecule has 1 aromatic carbocycles. The third-order valence-corrected chi connectivity index (χ3v) is 3.79. The van der Waals surface area contributed by atoms with E-state index in [1.165, 1.54) is 0 Å². The normalized spacial score (nSPS) is 18.0. The molecule has 1 aliphatic carbocycles. The van der Waals surface area contributed by atoms with Gasteiger partial charge in [-0.05, 0) is 30.5 Å². The van der Waals surface area contributed by atoms with Gasteiger partial charge in [-0.1, -0.05) is 6.07 Å². The third kappa shape index (κ3) is 3.05. The molecule has 0 spiro atoms. The first-order valence-electron chi connectivity index (χ1n) is 7.19. The van der Waals surface area contributed by atoms with Crippen LogP contribution in [-0.4, -0.2) is 39.5 Å². The van der Waals surface area contributed by atoms with Crippen LogP contribution in [0.4, 0.5) is 4.79 Å². The van der Waals surface area contributed by atoms with E-state index in [1.54, 1.807) is 7.11 Å². The van der Waals surface area contributed by atoms with Crippen LogP contribution in [0, 0.1) is 0 Å². The molecule has 2 aliphatic rings. The van der Waals surface area contributed by atoms with Crippen LogP contribution >= 0.6 is 0 Å². The average molecular weight is 292 g/mol. The van der Waals surface area contributed by atoms with Gasteiger partial charge < -0.3 is 24.8 Å². The molecule has 0 atom stereocenters. The lowest BCUT2D eigenvalue weighted by molar-refractivity contribution is 0.171. The zero-order valence-electron chi connectivity index (χ0n) is 12.1. The largest absolute Gasteiger partial charge is 0.486 e. The second-order valence-corrected chi connectivity index (χ2v) is 5.31. The minimum absolute atomic E-state index is 0.167. The number of fused-ring (bicyclic) bond motifs is 1. The minimum atomic E-state index is -0.271. The summed E-state index contributed by atoms with van der Waals surface area (Å²) in [4.78, 5) is 11.9. The Morgan fingerprint density at radius 2 is 2.05 bits per heavy atom. The van der Waals surface area contributed by atoms with E-state index in [0.717, 1.165) is 29.9 Å². The Morgan fingerprint density at radius 3 is 2.76 bits per heavy atom. The van der Waals surface area contributed by atoms with Crippen LogP contribution in [-0.2, 0) is 10.3 Å². The molecule has 1 aliphatic heterocycles. The lowest BCUT2D eigenvalue weighted by Gasteiger charge is -2.22. The highest BCUT2D eigenvalue weighted by Gasteiger charge is 2.46. The SMILES string of the molecule is COCCNC(=O)NC1(c2ccc3c(c2)OCCO3)CC1. The molecule has 0 saturated heterocycles. The van der Waals surface area contributed by atoms with Crippen molar-refractivity contribution in [1.29, 1.82) is 0 Å². The fourth-order valence-electron chi connectivity index (χ4n) is 2.48. The summed E-state index contributed by atoms with van der Waals surface area (Å²) >= 11 is 0. The number of carbonyl (C=O) groups is 1. The Morgan fingerprint density at radius 1 is 1.29 bits per heavy atom. The van der Waals surface area contributed by atoms with Crippen molar-refractivity contribution in [2.75, 3.05) is 33.5 Å². The Kier molecular flexibility index (Phi) is 3.88. The fourth-order valence-corrected chi connectivity index (χ4v) is 2.48. The summed E-state index contributed by atoms with van der Waals surface area (Å²) in [6.07, 6.45) is 1.87. The summed E-state index contributed by atoms with van der Waals surface area (Å²) < 4.78 is 16.0. The molecule has 21 heavy (non-hydrogen) atoms. The highest BCUT2D eigenvalue weighted by molar-refractivity contribution is 5.75. The van der Waals surface area contributed by atoms with E-state index < -0.39 is 0 Å². The Hall–Kier alpha value is -1.95. The van der Waals surface area contributed by atoms with Crippen LogP contribution in [0.5, 0.6) is 11.5 Å². The molecular formula is C15H20N2O4. The standard InChI is InChI=1S/C15H20N2O4/c1-19-7-6-16-14(18)17-15(4-5-15)11-2-3-12-13(10-11)21-9-8-20-12/h2-3,10H,4-9H2,1H3,(H2,16,17,18). The van der Waals surface area contributed by atoms with Crippen molar-refractivity contribution in [3.63, 3.8) is 0 Å². The molecule has 3 rings (SSSR count). The fraction of sp³-hybridized carbons (Fsp3) is 0.533. The maximum Gasteiger partial charge on any atom is 0.315 e. The molecule has 0 aromatic heterocycles. The van der Waals surface area contributed by atoms with Crippen LogP contribution in [0.25, 0.3) is 0 Å². The van der Waals surface area contributed by atoms with Crippen molar-refractivity contribution >= 4 is 6.03 Å². The molecule has 6 nitrogen and oxygen atoms in total. The summed E-state index contributed by atoms with van der Waals surface area (Å²) in [6.45, 7) is 2.15. The summed E-state index contributed by atoms with van der Waals surface area (Å²) in [6, 6.07) is 5.71. The number of methoxy groups -OCH3 is 1. The van der Waals surface area contributed by atoms with Crippen LogP contribution in [0.1, 0.15) is 18.4 Å². The van der Waals surface area contributed by atoms with E-state index in [1.807, 2.05) is 18.2 Å². The number of hydrogen-bond donors (Lipinski definition) is 2. The zero-order chi connectivity index (χ0) is 14.7. The number of carbonyl (C=O) groups excluding carboxylic acids is 1. The highest BCUT2D eigenvalue weighted by Crippen LogP contribution is 2.47. The third-order valence-electron chi connectivity index (χ3n) is 3.79. The summed E-state index contributed by atoms with van der Waals surface area (Å²) in [5.74, 6) is 1.52. The molecule has 114 valence electrons. The summed E-state index contributed by atoms with van der Waals surface area (Å²) in [5.41, 5.74) is 0.793. The van der Waals surface area contributed by atoms with Gasteiger partial charge in [-0.15, -0.1) is 0 Å². The van der Waals surface area contributed by atoms with Crippen molar-refractivity contribution in [3.8, 4) is 11.5 Å². The first-order valence-corrected chi connectivity index (χ1v) is 7.19. The lowest BCUT2D eigenvalue weighted by atomic mass is 10.0. The van der Waals surface area contributed by atoms with Crippen LogP contribution in [0.15, 0.2) is 18.2 Å². The Bertz CT molecular complexity index is 528. The highest BCUT2D eigenvalue weighted by atomic mass is 16.6. The molecule has 0 bridgehead atoms. The Labute approximate surface area is 123 Å². The monoisotopic (exact) mass is 292 g/mol. The van der Waals surface area contributed by atoms with E-state index in [-0.39, 0.29) is 11.6 Å². The summed E-state index contributed by atoms with van der Waals surface area (Å²) in [7, 11) is 1.61. The van der Waals surface area contributed by atoms with Crippen molar-refractivity contribution in [1.82, 2.24) is 10.6 Å². The van der Waals surface area contributed by atoms with Gasteiger partial charge in [-0.2, -0.15) is 0 Å².